The molecule has 112 valence electrons. The average Bonchev–Trinajstić information content (AvgIpc) is 2.34. The van der Waals surface area contributed by atoms with Crippen LogP contribution >= 0.6 is 0 Å². The average molecular weight is 312 g/mol. The third kappa shape index (κ3) is 4.41. The highest BCUT2D eigenvalue weighted by Gasteiger charge is 2.48. The van der Waals surface area contributed by atoms with Gasteiger partial charge in [-0.25, -0.2) is 0 Å². The molecule has 9 heteroatoms. The minimum atomic E-state index is -5.70. The Bertz CT molecular complexity index is 580. The molecule has 0 saturated heterocycles. The summed E-state index contributed by atoms with van der Waals surface area (Å²) in [6, 6.07) is 5.04. The van der Waals surface area contributed by atoms with E-state index in [0.717, 1.165) is 12.1 Å². The fourth-order valence-corrected chi connectivity index (χ4v) is 1.73. The fourth-order valence-electron chi connectivity index (χ4n) is 1.28. The Morgan fingerprint density at radius 3 is 2.50 bits per heavy atom. The third-order valence-corrected chi connectivity index (χ3v) is 3.21. The fraction of sp³-hybridized carbons (Fsp3) is 0.364. The molecule has 0 N–H and O–H groups in total. The quantitative estimate of drug-likeness (QED) is 0.472. The molecule has 1 aromatic rings. The Balaban J connectivity index is 2.82. The van der Waals surface area contributed by atoms with Gasteiger partial charge in [-0.1, -0.05) is 12.1 Å². The van der Waals surface area contributed by atoms with Crippen LogP contribution in [-0.4, -0.2) is 27.0 Å². The molecule has 0 aliphatic heterocycles. The highest BCUT2D eigenvalue weighted by atomic mass is 32.2. The lowest BCUT2D eigenvalue weighted by molar-refractivity contribution is -0.140. The number of alkyl halides is 3. The van der Waals surface area contributed by atoms with Crippen molar-refractivity contribution in [2.45, 2.75) is 18.3 Å². The van der Waals surface area contributed by atoms with E-state index in [0.29, 0.717) is 5.56 Å². The molecule has 0 aromatic heterocycles. The van der Waals surface area contributed by atoms with Gasteiger partial charge in [0.2, 0.25) is 0 Å². The Morgan fingerprint density at radius 1 is 1.30 bits per heavy atom. The first-order valence-electron chi connectivity index (χ1n) is 5.32. The van der Waals surface area contributed by atoms with Gasteiger partial charge in [0.15, 0.2) is 0 Å². The van der Waals surface area contributed by atoms with E-state index in [-0.39, 0.29) is 12.8 Å². The van der Waals surface area contributed by atoms with E-state index >= 15 is 0 Å². The van der Waals surface area contributed by atoms with Gasteiger partial charge in [0.25, 0.3) is 0 Å². The predicted molar refractivity (Wildman–Crippen MR) is 62.4 cm³/mol. The molecule has 0 atom stereocenters. The van der Waals surface area contributed by atoms with Gasteiger partial charge in [-0.3, -0.25) is 4.79 Å². The van der Waals surface area contributed by atoms with E-state index in [2.05, 4.69) is 8.92 Å². The molecule has 0 heterocycles. The van der Waals surface area contributed by atoms with Crippen LogP contribution in [0.15, 0.2) is 24.3 Å². The van der Waals surface area contributed by atoms with Crippen LogP contribution in [0.4, 0.5) is 13.2 Å². The smallest absolute Gasteiger partial charge is 0.469 e. The number of methoxy groups -OCH3 is 1. The molecule has 0 radical (unpaired) electrons. The van der Waals surface area contributed by atoms with E-state index in [4.69, 9.17) is 0 Å². The summed E-state index contributed by atoms with van der Waals surface area (Å²) in [6.45, 7) is 0. The van der Waals surface area contributed by atoms with Crippen LogP contribution in [0, 0.1) is 0 Å². The van der Waals surface area contributed by atoms with Crippen LogP contribution in [-0.2, 0) is 26.1 Å². The Morgan fingerprint density at radius 2 is 1.95 bits per heavy atom. The largest absolute Gasteiger partial charge is 0.534 e. The lowest BCUT2D eigenvalue weighted by Gasteiger charge is -2.10. The van der Waals surface area contributed by atoms with E-state index < -0.39 is 27.3 Å². The van der Waals surface area contributed by atoms with Crippen LogP contribution in [0.2, 0.25) is 0 Å². The van der Waals surface area contributed by atoms with Crippen LogP contribution in [0.3, 0.4) is 0 Å². The maximum atomic E-state index is 12.1. The van der Waals surface area contributed by atoms with Gasteiger partial charge in [0, 0.05) is 6.42 Å². The Hall–Kier alpha value is -1.77. The maximum Gasteiger partial charge on any atom is 0.534 e. The second-order valence-corrected chi connectivity index (χ2v) is 5.24. The monoisotopic (exact) mass is 312 g/mol. The first kappa shape index (κ1) is 16.3. The summed E-state index contributed by atoms with van der Waals surface area (Å²) >= 11 is 0. The van der Waals surface area contributed by atoms with Gasteiger partial charge in [-0.05, 0) is 24.1 Å². The first-order valence-corrected chi connectivity index (χ1v) is 6.73. The van der Waals surface area contributed by atoms with Crippen LogP contribution in [0.25, 0.3) is 0 Å². The summed E-state index contributed by atoms with van der Waals surface area (Å²) in [5.41, 5.74) is -5.04. The standard InChI is InChI=1S/C11H11F3O5S/c1-18-10(15)6-5-8-3-2-4-9(7-8)19-20(16,17)11(12,13)14/h2-4,7H,5-6H2,1H3. The maximum absolute atomic E-state index is 12.1. The van der Waals surface area contributed by atoms with Crippen molar-refractivity contribution in [2.75, 3.05) is 7.11 Å². The number of carbonyl (C=O) groups is 1. The highest BCUT2D eigenvalue weighted by molar-refractivity contribution is 7.87. The van der Waals surface area contributed by atoms with Gasteiger partial charge in [-0.15, -0.1) is 0 Å². The summed E-state index contributed by atoms with van der Waals surface area (Å²) in [5.74, 6) is -0.955. The Labute approximate surface area is 113 Å². The number of hydrogen-bond donors (Lipinski definition) is 0. The molecule has 0 bridgehead atoms. The molecular weight excluding hydrogens is 301 g/mol. The first-order chi connectivity index (χ1) is 9.15. The van der Waals surface area contributed by atoms with Crippen molar-refractivity contribution in [3.63, 3.8) is 0 Å². The molecule has 0 saturated carbocycles. The van der Waals surface area contributed by atoms with Crippen LogP contribution < -0.4 is 4.18 Å². The molecule has 20 heavy (non-hydrogen) atoms. The van der Waals surface area contributed by atoms with E-state index in [1.165, 1.54) is 19.2 Å². The lowest BCUT2D eigenvalue weighted by Crippen LogP contribution is -2.28. The number of halogens is 3. The topological polar surface area (TPSA) is 69.7 Å². The molecule has 0 fully saturated rings. The Kier molecular flexibility index (Phi) is 4.98. The van der Waals surface area contributed by atoms with Gasteiger partial charge < -0.3 is 8.92 Å². The molecule has 1 aromatic carbocycles. The van der Waals surface area contributed by atoms with Crippen molar-refractivity contribution in [1.82, 2.24) is 0 Å². The molecule has 0 aliphatic carbocycles. The number of aryl methyl sites for hydroxylation is 1. The van der Waals surface area contributed by atoms with Crippen molar-refractivity contribution in [3.05, 3.63) is 29.8 Å². The van der Waals surface area contributed by atoms with Gasteiger partial charge in [0.1, 0.15) is 5.75 Å². The number of carbonyl (C=O) groups excluding carboxylic acids is 1. The number of rotatable bonds is 5. The summed E-state index contributed by atoms with van der Waals surface area (Å²) in [4.78, 5) is 10.9. The van der Waals surface area contributed by atoms with Crippen LogP contribution in [0.1, 0.15) is 12.0 Å². The summed E-state index contributed by atoms with van der Waals surface area (Å²) in [5, 5.41) is 0. The van der Waals surface area contributed by atoms with Crippen molar-refractivity contribution in [1.29, 1.82) is 0 Å². The highest BCUT2D eigenvalue weighted by Crippen LogP contribution is 2.27. The number of benzene rings is 1. The molecule has 0 aliphatic rings. The zero-order valence-corrected chi connectivity index (χ0v) is 11.1. The summed E-state index contributed by atoms with van der Waals surface area (Å²) < 4.78 is 66.5. The minimum absolute atomic E-state index is 0.0198. The lowest BCUT2D eigenvalue weighted by atomic mass is 10.1. The molecule has 5 nitrogen and oxygen atoms in total. The van der Waals surface area contributed by atoms with Crippen molar-refractivity contribution in [2.24, 2.45) is 0 Å². The van der Waals surface area contributed by atoms with E-state index in [9.17, 15) is 26.4 Å². The molecular formula is C11H11F3O5S. The predicted octanol–water partition coefficient (Wildman–Crippen LogP) is 2.02. The van der Waals surface area contributed by atoms with Gasteiger partial charge >= 0.3 is 21.6 Å². The zero-order valence-electron chi connectivity index (χ0n) is 10.3. The van der Waals surface area contributed by atoms with E-state index in [1.54, 1.807) is 0 Å². The molecule has 0 spiro atoms. The third-order valence-electron chi connectivity index (χ3n) is 2.23. The second-order valence-electron chi connectivity index (χ2n) is 3.71. The second kappa shape index (κ2) is 6.12. The van der Waals surface area contributed by atoms with Crippen molar-refractivity contribution < 1.29 is 35.3 Å². The SMILES string of the molecule is COC(=O)CCc1cccc(OS(=O)(=O)C(F)(F)F)c1. The van der Waals surface area contributed by atoms with Gasteiger partial charge in [-0.2, -0.15) is 21.6 Å². The van der Waals surface area contributed by atoms with Crippen molar-refractivity contribution >= 4 is 16.1 Å². The number of esters is 1. The normalized spacial score (nSPS) is 12.0. The van der Waals surface area contributed by atoms with Gasteiger partial charge in [0.05, 0.1) is 7.11 Å². The molecule has 0 unspecified atom stereocenters. The zero-order chi connectivity index (χ0) is 15.4. The minimum Gasteiger partial charge on any atom is -0.469 e. The number of hydrogen-bond acceptors (Lipinski definition) is 5. The van der Waals surface area contributed by atoms with Crippen molar-refractivity contribution in [3.8, 4) is 5.75 Å². The number of ether oxygens (including phenoxy) is 1. The molecule has 1 rings (SSSR count). The summed E-state index contributed by atoms with van der Waals surface area (Å²) in [6.07, 6.45) is 0.210. The van der Waals surface area contributed by atoms with Crippen LogP contribution in [0.5, 0.6) is 5.75 Å². The van der Waals surface area contributed by atoms with E-state index in [1.807, 2.05) is 0 Å². The summed E-state index contributed by atoms with van der Waals surface area (Å²) in [7, 11) is -4.49. The molecule has 0 amide bonds.